The van der Waals surface area contributed by atoms with E-state index >= 15 is 0 Å². The highest BCUT2D eigenvalue weighted by Crippen LogP contribution is 2.30. The second kappa shape index (κ2) is 6.75. The summed E-state index contributed by atoms with van der Waals surface area (Å²) in [5, 5.41) is 5.81. The Balaban J connectivity index is 1.75. The molecule has 1 aromatic heterocycles. The lowest BCUT2D eigenvalue weighted by Gasteiger charge is -2.26. The van der Waals surface area contributed by atoms with Crippen LogP contribution in [0.2, 0.25) is 0 Å². The van der Waals surface area contributed by atoms with Crippen LogP contribution in [-0.2, 0) is 4.74 Å². The summed E-state index contributed by atoms with van der Waals surface area (Å²) in [7, 11) is 0. The molecule has 0 radical (unpaired) electrons. The topological polar surface area (TPSA) is 47.4 Å². The van der Waals surface area contributed by atoms with E-state index in [0.717, 1.165) is 41.3 Å². The second-order valence-corrected chi connectivity index (χ2v) is 8.06. The monoisotopic (exact) mass is 393 g/mol. The standard InChI is InChI=1S/C18H24BrN3O2/c1-18(2,3)24-17(23)21-11-6-7-13(10-12-21)22-15-9-5-4-8-14(15)16(19)20-22/h4-5,8-9,13H,6-7,10-12H2,1-3H3. The smallest absolute Gasteiger partial charge is 0.410 e. The summed E-state index contributed by atoms with van der Waals surface area (Å²) in [6.45, 7) is 7.15. The summed E-state index contributed by atoms with van der Waals surface area (Å²) in [5.41, 5.74) is 0.686. The summed E-state index contributed by atoms with van der Waals surface area (Å²) in [4.78, 5) is 14.1. The molecule has 1 amide bonds. The highest BCUT2D eigenvalue weighted by atomic mass is 79.9. The Morgan fingerprint density at radius 1 is 1.25 bits per heavy atom. The molecule has 1 atom stereocenters. The quantitative estimate of drug-likeness (QED) is 0.701. The molecule has 0 spiro atoms. The van der Waals surface area contributed by atoms with Crippen molar-refractivity contribution in [1.82, 2.24) is 14.7 Å². The molecule has 2 aromatic rings. The largest absolute Gasteiger partial charge is 0.444 e. The van der Waals surface area contributed by atoms with Gasteiger partial charge in [-0.05, 0) is 62.0 Å². The molecule has 1 saturated heterocycles. The van der Waals surface area contributed by atoms with Gasteiger partial charge in [0.05, 0.1) is 11.6 Å². The number of carbonyl (C=O) groups is 1. The molecule has 0 aliphatic carbocycles. The lowest BCUT2D eigenvalue weighted by Crippen LogP contribution is -2.37. The van der Waals surface area contributed by atoms with Crippen molar-refractivity contribution in [3.8, 4) is 0 Å². The van der Waals surface area contributed by atoms with Crippen molar-refractivity contribution in [2.75, 3.05) is 13.1 Å². The number of likely N-dealkylation sites (tertiary alicyclic amines) is 1. The van der Waals surface area contributed by atoms with Crippen molar-refractivity contribution < 1.29 is 9.53 Å². The Hall–Kier alpha value is -1.56. The zero-order chi connectivity index (χ0) is 17.3. The molecular weight excluding hydrogens is 370 g/mol. The molecule has 3 rings (SSSR count). The number of amides is 1. The predicted molar refractivity (Wildman–Crippen MR) is 98.1 cm³/mol. The van der Waals surface area contributed by atoms with Gasteiger partial charge in [0.25, 0.3) is 0 Å². The number of ether oxygens (including phenoxy) is 1. The number of benzene rings is 1. The second-order valence-electron chi connectivity index (χ2n) is 7.30. The fraction of sp³-hybridized carbons (Fsp3) is 0.556. The van der Waals surface area contributed by atoms with E-state index in [9.17, 15) is 4.79 Å². The van der Waals surface area contributed by atoms with Gasteiger partial charge < -0.3 is 9.64 Å². The minimum absolute atomic E-state index is 0.213. The summed E-state index contributed by atoms with van der Waals surface area (Å²) in [6.07, 6.45) is 2.64. The van der Waals surface area contributed by atoms with Gasteiger partial charge in [-0.2, -0.15) is 5.10 Å². The van der Waals surface area contributed by atoms with Crippen LogP contribution in [-0.4, -0.2) is 39.5 Å². The van der Waals surface area contributed by atoms with Gasteiger partial charge in [-0.25, -0.2) is 4.79 Å². The molecule has 1 aliphatic heterocycles. The summed E-state index contributed by atoms with van der Waals surface area (Å²) < 4.78 is 8.50. The Bertz CT molecular complexity index is 735. The number of hydrogen-bond donors (Lipinski definition) is 0. The number of hydrogen-bond acceptors (Lipinski definition) is 3. The van der Waals surface area contributed by atoms with Gasteiger partial charge in [-0.15, -0.1) is 0 Å². The van der Waals surface area contributed by atoms with Crippen LogP contribution >= 0.6 is 15.9 Å². The average Bonchev–Trinajstić information content (AvgIpc) is 2.71. The Morgan fingerprint density at radius 2 is 2.00 bits per heavy atom. The van der Waals surface area contributed by atoms with E-state index in [1.807, 2.05) is 37.8 Å². The number of nitrogens with zero attached hydrogens (tertiary/aromatic N) is 3. The molecule has 0 N–H and O–H groups in total. The molecule has 1 aromatic carbocycles. The van der Waals surface area contributed by atoms with Crippen LogP contribution in [0.4, 0.5) is 4.79 Å². The van der Waals surface area contributed by atoms with E-state index in [-0.39, 0.29) is 6.09 Å². The Kier molecular flexibility index (Phi) is 4.85. The third-order valence-corrected chi connectivity index (χ3v) is 4.85. The Labute approximate surface area is 151 Å². The number of fused-ring (bicyclic) bond motifs is 1. The first kappa shape index (κ1) is 17.3. The van der Waals surface area contributed by atoms with E-state index in [0.29, 0.717) is 12.6 Å². The summed E-state index contributed by atoms with van der Waals surface area (Å²) in [5.74, 6) is 0. The third kappa shape index (κ3) is 3.74. The fourth-order valence-corrected chi connectivity index (χ4v) is 3.67. The van der Waals surface area contributed by atoms with Crippen molar-refractivity contribution in [3.63, 3.8) is 0 Å². The highest BCUT2D eigenvalue weighted by Gasteiger charge is 2.26. The summed E-state index contributed by atoms with van der Waals surface area (Å²) >= 11 is 3.56. The van der Waals surface area contributed by atoms with E-state index in [1.54, 1.807) is 0 Å². The normalized spacial score (nSPS) is 19.3. The fourth-order valence-electron chi connectivity index (χ4n) is 3.16. The molecule has 24 heavy (non-hydrogen) atoms. The maximum Gasteiger partial charge on any atom is 0.410 e. The first-order valence-electron chi connectivity index (χ1n) is 8.46. The van der Waals surface area contributed by atoms with Crippen LogP contribution in [0.5, 0.6) is 0 Å². The van der Waals surface area contributed by atoms with Crippen molar-refractivity contribution >= 4 is 32.9 Å². The van der Waals surface area contributed by atoms with Gasteiger partial charge in [0.2, 0.25) is 0 Å². The van der Waals surface area contributed by atoms with Gasteiger partial charge in [0, 0.05) is 18.5 Å². The van der Waals surface area contributed by atoms with Crippen LogP contribution in [0, 0.1) is 0 Å². The maximum atomic E-state index is 12.3. The van der Waals surface area contributed by atoms with E-state index in [1.165, 1.54) is 0 Å². The average molecular weight is 394 g/mol. The predicted octanol–water partition coefficient (Wildman–Crippen LogP) is 4.76. The number of para-hydroxylation sites is 1. The number of aromatic nitrogens is 2. The van der Waals surface area contributed by atoms with Gasteiger partial charge in [-0.1, -0.05) is 18.2 Å². The minimum Gasteiger partial charge on any atom is -0.444 e. The van der Waals surface area contributed by atoms with Crippen LogP contribution in [0.25, 0.3) is 10.9 Å². The molecule has 2 heterocycles. The SMILES string of the molecule is CC(C)(C)OC(=O)N1CCCC(n2nc(Br)c3ccccc32)CC1. The van der Waals surface area contributed by atoms with Gasteiger partial charge in [-0.3, -0.25) is 4.68 Å². The number of halogens is 1. The van der Waals surface area contributed by atoms with Gasteiger partial charge in [0.15, 0.2) is 0 Å². The van der Waals surface area contributed by atoms with Crippen molar-refractivity contribution in [3.05, 3.63) is 28.9 Å². The van der Waals surface area contributed by atoms with Crippen molar-refractivity contribution in [2.24, 2.45) is 0 Å². The summed E-state index contributed by atoms with van der Waals surface area (Å²) in [6, 6.07) is 8.54. The molecule has 1 unspecified atom stereocenters. The molecule has 0 bridgehead atoms. The van der Waals surface area contributed by atoms with Gasteiger partial charge in [0.1, 0.15) is 10.2 Å². The van der Waals surface area contributed by atoms with E-state index in [2.05, 4.69) is 37.8 Å². The van der Waals surface area contributed by atoms with Crippen molar-refractivity contribution in [2.45, 2.75) is 51.7 Å². The Morgan fingerprint density at radius 3 is 2.75 bits per heavy atom. The molecule has 0 saturated carbocycles. The van der Waals surface area contributed by atoms with Crippen molar-refractivity contribution in [1.29, 1.82) is 0 Å². The van der Waals surface area contributed by atoms with E-state index < -0.39 is 5.60 Å². The molecule has 6 heteroatoms. The highest BCUT2D eigenvalue weighted by molar-refractivity contribution is 9.10. The van der Waals surface area contributed by atoms with Crippen LogP contribution in [0.3, 0.4) is 0 Å². The zero-order valence-corrected chi connectivity index (χ0v) is 16.0. The lowest BCUT2D eigenvalue weighted by atomic mass is 10.1. The maximum absolute atomic E-state index is 12.3. The van der Waals surface area contributed by atoms with E-state index in [4.69, 9.17) is 4.74 Å². The molecular formula is C18H24BrN3O2. The number of rotatable bonds is 1. The van der Waals surface area contributed by atoms with Crippen LogP contribution in [0.15, 0.2) is 28.9 Å². The zero-order valence-electron chi connectivity index (χ0n) is 14.5. The van der Waals surface area contributed by atoms with Crippen LogP contribution in [0.1, 0.15) is 46.1 Å². The molecule has 130 valence electrons. The first-order chi connectivity index (χ1) is 11.3. The third-order valence-electron chi connectivity index (χ3n) is 4.26. The van der Waals surface area contributed by atoms with Crippen LogP contribution < -0.4 is 0 Å². The van der Waals surface area contributed by atoms with Gasteiger partial charge >= 0.3 is 6.09 Å². The molecule has 5 nitrogen and oxygen atoms in total. The number of carbonyl (C=O) groups excluding carboxylic acids is 1. The molecule has 1 aliphatic rings. The first-order valence-corrected chi connectivity index (χ1v) is 9.25. The molecule has 1 fully saturated rings. The lowest BCUT2D eigenvalue weighted by molar-refractivity contribution is 0.0255. The minimum atomic E-state index is -0.453.